The Hall–Kier alpha value is -3.30. The highest BCUT2D eigenvalue weighted by Crippen LogP contribution is 2.39. The van der Waals surface area contributed by atoms with Gasteiger partial charge in [-0.05, 0) is 101 Å². The predicted octanol–water partition coefficient (Wildman–Crippen LogP) is 6.45. The number of allylic oxidation sites excluding steroid dienone is 6. The van der Waals surface area contributed by atoms with E-state index in [4.69, 9.17) is 5.11 Å². The zero-order valence-electron chi connectivity index (χ0n) is 17.9. The Kier molecular flexibility index (Phi) is 7.32. The van der Waals surface area contributed by atoms with Crippen molar-refractivity contribution >= 4 is 5.57 Å². The first-order chi connectivity index (χ1) is 14.9. The summed E-state index contributed by atoms with van der Waals surface area (Å²) in [4.78, 5) is 0. The van der Waals surface area contributed by atoms with E-state index in [1.807, 2.05) is 24.3 Å². The van der Waals surface area contributed by atoms with Crippen molar-refractivity contribution in [2.45, 2.75) is 32.1 Å². The average Bonchev–Trinajstić information content (AvgIpc) is 3.64. The summed E-state index contributed by atoms with van der Waals surface area (Å²) in [5.41, 5.74) is 9.17. The van der Waals surface area contributed by atoms with Crippen LogP contribution in [0.5, 0.6) is 11.5 Å². The van der Waals surface area contributed by atoms with Crippen molar-refractivity contribution in [3.63, 3.8) is 0 Å². The van der Waals surface area contributed by atoms with Crippen molar-refractivity contribution in [1.29, 1.82) is 0 Å². The first kappa shape index (κ1) is 22.4. The Bertz CT molecular complexity index is 975. The van der Waals surface area contributed by atoms with Crippen LogP contribution in [0.15, 0.2) is 102 Å². The zero-order valence-corrected chi connectivity index (χ0v) is 17.9. The summed E-state index contributed by atoms with van der Waals surface area (Å²) in [5.74, 6) is 0.462. The van der Waals surface area contributed by atoms with Gasteiger partial charge in [-0.1, -0.05) is 50.1 Å². The van der Waals surface area contributed by atoms with Gasteiger partial charge in [0.1, 0.15) is 11.5 Å². The highest BCUT2D eigenvalue weighted by Gasteiger charge is 2.20. The Morgan fingerprint density at radius 2 is 1.19 bits per heavy atom. The van der Waals surface area contributed by atoms with Crippen LogP contribution in [0.25, 0.3) is 5.57 Å². The van der Waals surface area contributed by atoms with Crippen LogP contribution in [0.3, 0.4) is 0 Å². The van der Waals surface area contributed by atoms with Gasteiger partial charge in [0.15, 0.2) is 0 Å². The fourth-order valence-electron chi connectivity index (χ4n) is 3.25. The summed E-state index contributed by atoms with van der Waals surface area (Å²) in [6, 6.07) is 14.4. The van der Waals surface area contributed by atoms with Crippen LogP contribution in [0.1, 0.15) is 43.2 Å². The third-order valence-corrected chi connectivity index (χ3v) is 5.37. The molecule has 160 valence electrons. The average molecular weight is 415 g/mol. The molecule has 0 saturated heterocycles. The molecular weight excluding hydrogens is 384 g/mol. The van der Waals surface area contributed by atoms with E-state index in [9.17, 15) is 10.2 Å². The molecule has 0 heterocycles. The van der Waals surface area contributed by atoms with E-state index in [2.05, 4.69) is 25.8 Å². The molecule has 2 aromatic carbocycles. The van der Waals surface area contributed by atoms with Gasteiger partial charge in [0, 0.05) is 6.61 Å². The van der Waals surface area contributed by atoms with Crippen molar-refractivity contribution in [2.24, 2.45) is 0 Å². The molecule has 0 aliphatic heterocycles. The van der Waals surface area contributed by atoms with E-state index in [1.54, 1.807) is 24.3 Å². The van der Waals surface area contributed by atoms with Crippen LogP contribution in [0, 0.1) is 0 Å². The number of hydrogen-bond donors (Lipinski definition) is 3. The maximum atomic E-state index is 9.65. The van der Waals surface area contributed by atoms with Crippen LogP contribution in [-0.4, -0.2) is 21.9 Å². The lowest BCUT2D eigenvalue weighted by Crippen LogP contribution is -1.95. The van der Waals surface area contributed by atoms with Gasteiger partial charge in [0.25, 0.3) is 0 Å². The fraction of sp³-hybridized carbons (Fsp3) is 0.214. The number of unbranched alkanes of at least 4 members (excludes halogenated alkanes) is 1. The van der Waals surface area contributed by atoms with Crippen LogP contribution < -0.4 is 0 Å². The minimum absolute atomic E-state index is 0.185. The van der Waals surface area contributed by atoms with Gasteiger partial charge < -0.3 is 15.3 Å². The molecule has 0 unspecified atom stereocenters. The molecule has 31 heavy (non-hydrogen) atoms. The predicted molar refractivity (Wildman–Crippen MR) is 128 cm³/mol. The van der Waals surface area contributed by atoms with Crippen LogP contribution in [0.4, 0.5) is 0 Å². The number of aliphatic hydroxyl groups excluding tert-OH is 1. The van der Waals surface area contributed by atoms with Gasteiger partial charge in [-0.2, -0.15) is 0 Å². The van der Waals surface area contributed by atoms with Gasteiger partial charge in [-0.15, -0.1) is 0 Å². The number of aliphatic hydroxyl groups is 1. The second-order valence-electron chi connectivity index (χ2n) is 8.01. The van der Waals surface area contributed by atoms with Gasteiger partial charge in [0.2, 0.25) is 0 Å². The number of phenols is 2. The normalized spacial score (nSPS) is 15.4. The number of rotatable bonds is 7. The number of phenolic OH excluding ortho intramolecular Hbond substituents is 2. The minimum Gasteiger partial charge on any atom is -0.508 e. The summed E-state index contributed by atoms with van der Waals surface area (Å²) < 4.78 is 0. The largest absolute Gasteiger partial charge is 0.508 e. The molecule has 0 amide bonds. The summed E-state index contributed by atoms with van der Waals surface area (Å²) in [5, 5.41) is 28.4. The maximum absolute atomic E-state index is 9.65. The van der Waals surface area contributed by atoms with Crippen molar-refractivity contribution in [3.8, 4) is 11.5 Å². The molecule has 2 aliphatic carbocycles. The van der Waals surface area contributed by atoms with Gasteiger partial charge in [-0.3, -0.25) is 0 Å². The first-order valence-electron chi connectivity index (χ1n) is 10.6. The molecule has 2 fully saturated rings. The summed E-state index contributed by atoms with van der Waals surface area (Å²) in [6.07, 6.45) is 6.72. The van der Waals surface area contributed by atoms with Gasteiger partial charge >= 0.3 is 0 Å². The summed E-state index contributed by atoms with van der Waals surface area (Å²) in [6.45, 7) is 11.5. The van der Waals surface area contributed by atoms with Crippen molar-refractivity contribution in [3.05, 3.63) is 113 Å². The van der Waals surface area contributed by atoms with Crippen LogP contribution in [-0.2, 0) is 0 Å². The van der Waals surface area contributed by atoms with E-state index >= 15 is 0 Å². The number of hydrogen-bond acceptors (Lipinski definition) is 3. The topological polar surface area (TPSA) is 60.7 Å². The lowest BCUT2D eigenvalue weighted by Gasteiger charge is -2.15. The van der Waals surface area contributed by atoms with Gasteiger partial charge in [0.05, 0.1) is 0 Å². The molecule has 3 heteroatoms. The third kappa shape index (κ3) is 6.59. The van der Waals surface area contributed by atoms with Crippen molar-refractivity contribution in [1.82, 2.24) is 0 Å². The zero-order chi connectivity index (χ0) is 22.4. The molecule has 4 rings (SSSR count). The van der Waals surface area contributed by atoms with Gasteiger partial charge in [-0.25, -0.2) is 0 Å². The molecule has 3 nitrogen and oxygen atoms in total. The van der Waals surface area contributed by atoms with E-state index in [0.29, 0.717) is 0 Å². The van der Waals surface area contributed by atoms with Crippen LogP contribution >= 0.6 is 0 Å². The third-order valence-electron chi connectivity index (χ3n) is 5.37. The molecule has 0 atom stereocenters. The number of aromatic hydroxyl groups is 2. The molecule has 3 N–H and O–H groups in total. The molecule has 0 bridgehead atoms. The highest BCUT2D eigenvalue weighted by molar-refractivity contribution is 5.84. The molecule has 2 aliphatic rings. The van der Waals surface area contributed by atoms with E-state index in [-0.39, 0.29) is 18.1 Å². The second-order valence-corrected chi connectivity index (χ2v) is 8.01. The minimum atomic E-state index is 0.185. The second kappa shape index (κ2) is 10.1. The Labute approximate surface area is 184 Å². The Morgan fingerprint density at radius 1 is 0.742 bits per heavy atom. The number of benzene rings is 2. The Balaban J connectivity index is 0.000000478. The molecule has 0 radical (unpaired) electrons. The highest BCUT2D eigenvalue weighted by atomic mass is 16.3. The molecule has 2 saturated carbocycles. The SMILES string of the molecule is C=C1C/C1=C\C(CCCCO)=C(c1ccc(O)cc1)c1ccc(O)cc1.C=C1CC1=C. The van der Waals surface area contributed by atoms with Crippen molar-refractivity contribution in [2.75, 3.05) is 6.61 Å². The van der Waals surface area contributed by atoms with E-state index in [0.717, 1.165) is 48.8 Å². The smallest absolute Gasteiger partial charge is 0.115 e. The first-order valence-corrected chi connectivity index (χ1v) is 10.6. The standard InChI is InChI=1S/C23H24O3.C5H6/c1-16-14-20(16)15-19(4-2-3-13-24)23(17-5-9-21(25)10-6-17)18-7-11-22(26)12-8-18;1-4-3-5(4)2/h5-12,15,24-26H,1-4,13-14H2;1-3H2/b20-15+;. The summed E-state index contributed by atoms with van der Waals surface area (Å²) >= 11 is 0. The van der Waals surface area contributed by atoms with Crippen molar-refractivity contribution < 1.29 is 15.3 Å². The quantitative estimate of drug-likeness (QED) is 0.456. The lowest BCUT2D eigenvalue weighted by molar-refractivity contribution is 0.285. The molecule has 0 spiro atoms. The molecule has 0 aromatic heterocycles. The van der Waals surface area contributed by atoms with E-state index in [1.165, 1.54) is 27.9 Å². The molecule has 2 aromatic rings. The molecular formula is C28H30O3. The Morgan fingerprint density at radius 3 is 1.55 bits per heavy atom. The fourth-order valence-corrected chi connectivity index (χ4v) is 3.25. The maximum Gasteiger partial charge on any atom is 0.115 e. The lowest BCUT2D eigenvalue weighted by atomic mass is 9.90. The summed E-state index contributed by atoms with van der Waals surface area (Å²) in [7, 11) is 0. The van der Waals surface area contributed by atoms with E-state index < -0.39 is 0 Å². The monoisotopic (exact) mass is 414 g/mol. The van der Waals surface area contributed by atoms with Crippen LogP contribution in [0.2, 0.25) is 0 Å².